The van der Waals surface area contributed by atoms with Gasteiger partial charge in [0.25, 0.3) is 0 Å². The second-order valence-corrected chi connectivity index (χ2v) is 7.59. The second-order valence-electron chi connectivity index (χ2n) is 7.59. The van der Waals surface area contributed by atoms with E-state index < -0.39 is 12.2 Å². The van der Waals surface area contributed by atoms with Gasteiger partial charge in [-0.2, -0.15) is 0 Å². The van der Waals surface area contributed by atoms with Gasteiger partial charge >= 0.3 is 0 Å². The summed E-state index contributed by atoms with van der Waals surface area (Å²) >= 11 is 0. The number of benzene rings is 1. The third-order valence-electron chi connectivity index (χ3n) is 6.68. The number of hydrogen-bond donors (Lipinski definition) is 3. The smallest absolute Gasteiger partial charge is 0.115 e. The van der Waals surface area contributed by atoms with E-state index in [2.05, 4.69) is 13.0 Å². The van der Waals surface area contributed by atoms with Crippen molar-refractivity contribution < 1.29 is 15.3 Å². The fourth-order valence-electron chi connectivity index (χ4n) is 5.56. The number of hydrogen-bond acceptors (Lipinski definition) is 3. The Bertz CT molecular complexity index is 570. The summed E-state index contributed by atoms with van der Waals surface area (Å²) in [6, 6.07) is 5.80. The van der Waals surface area contributed by atoms with Crippen LogP contribution in [0.15, 0.2) is 18.2 Å². The van der Waals surface area contributed by atoms with Gasteiger partial charge in [0.05, 0.1) is 12.2 Å². The summed E-state index contributed by atoms with van der Waals surface area (Å²) in [4.78, 5) is 0. The van der Waals surface area contributed by atoms with Crippen LogP contribution >= 0.6 is 0 Å². The SMILES string of the molecule is C[C@]12CC[C@@H]3c4ccc(O)cc4CC[C@H]3[C@@H]1CC(O)[C@H]2O. The zero-order chi connectivity index (χ0) is 14.8. The highest BCUT2D eigenvalue weighted by molar-refractivity contribution is 5.40. The molecule has 0 amide bonds. The van der Waals surface area contributed by atoms with Gasteiger partial charge in [0, 0.05) is 0 Å². The van der Waals surface area contributed by atoms with E-state index in [0.29, 0.717) is 23.5 Å². The fourth-order valence-corrected chi connectivity index (χ4v) is 5.56. The van der Waals surface area contributed by atoms with Crippen LogP contribution in [-0.4, -0.2) is 27.5 Å². The predicted molar refractivity (Wildman–Crippen MR) is 80.1 cm³/mol. The van der Waals surface area contributed by atoms with Gasteiger partial charge in [0.2, 0.25) is 0 Å². The summed E-state index contributed by atoms with van der Waals surface area (Å²) < 4.78 is 0. The molecular formula is C18H24O3. The Kier molecular flexibility index (Phi) is 2.89. The summed E-state index contributed by atoms with van der Waals surface area (Å²) in [6.07, 6.45) is 3.80. The van der Waals surface area contributed by atoms with Crippen molar-refractivity contribution in [2.45, 2.75) is 57.2 Å². The largest absolute Gasteiger partial charge is 0.508 e. The number of aryl methyl sites for hydroxylation is 1. The molecule has 4 rings (SSSR count). The molecule has 0 heterocycles. The average Bonchev–Trinajstić information content (AvgIpc) is 2.70. The summed E-state index contributed by atoms with van der Waals surface area (Å²) in [5, 5.41) is 30.2. The standard InChI is InChI=1S/C18H24O3/c1-18-7-6-13-12-5-3-11(19)8-10(12)2-4-14(13)15(18)9-16(20)17(18)21/h3,5,8,13-17,19-21H,2,4,6-7,9H2,1H3/t13-,14-,15+,16?,17-,18+/m1/s1. The van der Waals surface area contributed by atoms with Gasteiger partial charge in [-0.05, 0) is 78.5 Å². The van der Waals surface area contributed by atoms with E-state index >= 15 is 0 Å². The molecule has 0 bridgehead atoms. The van der Waals surface area contributed by atoms with Gasteiger partial charge < -0.3 is 15.3 Å². The Labute approximate surface area is 125 Å². The van der Waals surface area contributed by atoms with Gasteiger partial charge in [-0.25, -0.2) is 0 Å². The minimum Gasteiger partial charge on any atom is -0.508 e. The lowest BCUT2D eigenvalue weighted by Crippen LogP contribution is -2.44. The Morgan fingerprint density at radius 1 is 1.19 bits per heavy atom. The lowest BCUT2D eigenvalue weighted by molar-refractivity contribution is -0.0505. The fraction of sp³-hybridized carbons (Fsp3) is 0.667. The highest BCUT2D eigenvalue weighted by atomic mass is 16.3. The number of phenols is 1. The molecular weight excluding hydrogens is 264 g/mol. The zero-order valence-electron chi connectivity index (χ0n) is 12.5. The zero-order valence-corrected chi connectivity index (χ0v) is 12.5. The first-order valence-electron chi connectivity index (χ1n) is 8.18. The quantitative estimate of drug-likeness (QED) is 0.687. The van der Waals surface area contributed by atoms with Gasteiger partial charge in [0.1, 0.15) is 5.75 Å². The number of aromatic hydroxyl groups is 1. The minimum atomic E-state index is -0.565. The monoisotopic (exact) mass is 288 g/mol. The number of phenolic OH excluding ortho intramolecular Hbond substituents is 1. The third kappa shape index (κ3) is 1.80. The highest BCUT2D eigenvalue weighted by Gasteiger charge is 2.57. The molecule has 0 spiro atoms. The lowest BCUT2D eigenvalue weighted by atomic mass is 9.55. The Morgan fingerprint density at radius 3 is 2.81 bits per heavy atom. The van der Waals surface area contributed by atoms with Gasteiger partial charge in [-0.15, -0.1) is 0 Å². The molecule has 21 heavy (non-hydrogen) atoms. The molecule has 2 fully saturated rings. The summed E-state index contributed by atoms with van der Waals surface area (Å²) in [5.41, 5.74) is 2.57. The molecule has 3 aliphatic rings. The van der Waals surface area contributed by atoms with E-state index in [4.69, 9.17) is 0 Å². The minimum absolute atomic E-state index is 0.116. The molecule has 0 aromatic heterocycles. The summed E-state index contributed by atoms with van der Waals surface area (Å²) in [7, 11) is 0. The van der Waals surface area contributed by atoms with Gasteiger partial charge in [-0.3, -0.25) is 0 Å². The van der Waals surface area contributed by atoms with Crippen molar-refractivity contribution in [3.05, 3.63) is 29.3 Å². The Balaban J connectivity index is 1.71. The first-order valence-corrected chi connectivity index (χ1v) is 8.18. The Morgan fingerprint density at radius 2 is 2.00 bits per heavy atom. The predicted octanol–water partition coefficient (Wildman–Crippen LogP) is 2.58. The highest BCUT2D eigenvalue weighted by Crippen LogP contribution is 2.60. The number of rotatable bonds is 0. The molecule has 0 radical (unpaired) electrons. The third-order valence-corrected chi connectivity index (χ3v) is 6.68. The van der Waals surface area contributed by atoms with E-state index in [1.54, 1.807) is 6.07 Å². The normalized spacial score (nSPS) is 44.8. The molecule has 114 valence electrons. The molecule has 3 aliphatic carbocycles. The number of fused-ring (bicyclic) bond motifs is 5. The first kappa shape index (κ1) is 13.6. The van der Waals surface area contributed by atoms with Crippen LogP contribution in [0, 0.1) is 17.3 Å². The van der Waals surface area contributed by atoms with E-state index in [-0.39, 0.29) is 5.41 Å². The van der Waals surface area contributed by atoms with E-state index in [0.717, 1.165) is 32.1 Å². The van der Waals surface area contributed by atoms with Crippen molar-refractivity contribution in [1.82, 2.24) is 0 Å². The van der Waals surface area contributed by atoms with Crippen LogP contribution in [0.5, 0.6) is 5.75 Å². The molecule has 0 saturated heterocycles. The van der Waals surface area contributed by atoms with Gasteiger partial charge in [0.15, 0.2) is 0 Å². The van der Waals surface area contributed by atoms with E-state index in [1.807, 2.05) is 6.07 Å². The number of aliphatic hydroxyl groups excluding tert-OH is 2. The molecule has 3 N–H and O–H groups in total. The van der Waals surface area contributed by atoms with Crippen molar-refractivity contribution >= 4 is 0 Å². The maximum absolute atomic E-state index is 10.4. The van der Waals surface area contributed by atoms with Crippen LogP contribution in [-0.2, 0) is 6.42 Å². The molecule has 3 heteroatoms. The van der Waals surface area contributed by atoms with Crippen molar-refractivity contribution in [2.24, 2.45) is 17.3 Å². The van der Waals surface area contributed by atoms with Crippen LogP contribution in [0.25, 0.3) is 0 Å². The molecule has 1 aromatic carbocycles. The molecule has 3 nitrogen and oxygen atoms in total. The average molecular weight is 288 g/mol. The van der Waals surface area contributed by atoms with Crippen molar-refractivity contribution in [3.63, 3.8) is 0 Å². The van der Waals surface area contributed by atoms with Crippen molar-refractivity contribution in [2.75, 3.05) is 0 Å². The van der Waals surface area contributed by atoms with Gasteiger partial charge in [-0.1, -0.05) is 13.0 Å². The lowest BCUT2D eigenvalue weighted by Gasteiger charge is -2.49. The summed E-state index contributed by atoms with van der Waals surface area (Å²) in [5.74, 6) is 1.88. The van der Waals surface area contributed by atoms with Crippen LogP contribution in [0.3, 0.4) is 0 Å². The first-order chi connectivity index (χ1) is 10.0. The van der Waals surface area contributed by atoms with E-state index in [9.17, 15) is 15.3 Å². The molecule has 1 aromatic rings. The maximum Gasteiger partial charge on any atom is 0.115 e. The summed E-state index contributed by atoms with van der Waals surface area (Å²) in [6.45, 7) is 2.17. The van der Waals surface area contributed by atoms with Crippen LogP contribution in [0.4, 0.5) is 0 Å². The van der Waals surface area contributed by atoms with Crippen LogP contribution in [0.2, 0.25) is 0 Å². The van der Waals surface area contributed by atoms with Crippen molar-refractivity contribution in [1.29, 1.82) is 0 Å². The van der Waals surface area contributed by atoms with Crippen LogP contribution in [0.1, 0.15) is 49.7 Å². The second kappa shape index (κ2) is 4.47. The topological polar surface area (TPSA) is 60.7 Å². The van der Waals surface area contributed by atoms with Crippen molar-refractivity contribution in [3.8, 4) is 5.75 Å². The number of aliphatic hydroxyl groups is 2. The molecule has 2 saturated carbocycles. The molecule has 0 aliphatic heterocycles. The maximum atomic E-state index is 10.4. The Hall–Kier alpha value is -1.06. The molecule has 6 atom stereocenters. The molecule has 1 unspecified atom stereocenters. The van der Waals surface area contributed by atoms with Crippen LogP contribution < -0.4 is 0 Å². The van der Waals surface area contributed by atoms with E-state index in [1.165, 1.54) is 11.1 Å².